The van der Waals surface area contributed by atoms with Gasteiger partial charge in [-0.1, -0.05) is 25.0 Å². The van der Waals surface area contributed by atoms with Crippen molar-refractivity contribution in [2.45, 2.75) is 37.1 Å². The summed E-state index contributed by atoms with van der Waals surface area (Å²) in [5.74, 6) is 0.781. The fourth-order valence-electron chi connectivity index (χ4n) is 3.64. The van der Waals surface area contributed by atoms with E-state index >= 15 is 0 Å². The molecule has 0 atom stereocenters. The smallest absolute Gasteiger partial charge is 0.242 e. The van der Waals surface area contributed by atoms with Crippen molar-refractivity contribution in [2.24, 2.45) is 10.4 Å². The van der Waals surface area contributed by atoms with Gasteiger partial charge in [-0.05, 0) is 30.5 Å². The summed E-state index contributed by atoms with van der Waals surface area (Å²) < 4.78 is 25.5. The first kappa shape index (κ1) is 23.2. The fraction of sp³-hybridized carbons (Fsp3) is 0.600. The Morgan fingerprint density at radius 1 is 1.07 bits per heavy atom. The van der Waals surface area contributed by atoms with E-state index in [1.165, 1.54) is 18.4 Å². The molecule has 2 N–H and O–H groups in total. The van der Waals surface area contributed by atoms with Gasteiger partial charge in [0, 0.05) is 48.3 Å². The Hall–Kier alpha value is -2.13. The summed E-state index contributed by atoms with van der Waals surface area (Å²) in [7, 11) is 4.89. The molecule has 9 heteroatoms. The van der Waals surface area contributed by atoms with Crippen molar-refractivity contribution in [3.8, 4) is 0 Å². The second kappa shape index (κ2) is 9.58. The number of nitrogens with one attached hydrogen (secondary N) is 2. The molecule has 1 aromatic carbocycles. The van der Waals surface area contributed by atoms with Crippen LogP contribution in [0.25, 0.3) is 0 Å². The van der Waals surface area contributed by atoms with Crippen molar-refractivity contribution < 1.29 is 13.2 Å². The average Bonchev–Trinajstić information content (AvgIpc) is 3.17. The molecule has 0 heterocycles. The first-order chi connectivity index (χ1) is 13.6. The number of carbonyl (C=O) groups excluding carboxylic acids is 1. The standard InChI is InChI=1S/C20H33N5O3S/c1-21-19(23-15-20(12-6-7-13-20)18(26)24(2)3)22-14-16-8-10-17(11-9-16)29(27,28)25(4)5/h8-11H,6-7,12-15H2,1-5H3,(H2,21,22,23). The van der Waals surface area contributed by atoms with E-state index in [1.807, 2.05) is 0 Å². The summed E-state index contributed by atoms with van der Waals surface area (Å²) in [6, 6.07) is 6.77. The highest BCUT2D eigenvalue weighted by Crippen LogP contribution is 2.38. The van der Waals surface area contributed by atoms with E-state index in [2.05, 4.69) is 15.6 Å². The Kier molecular flexibility index (Phi) is 7.65. The summed E-state index contributed by atoms with van der Waals surface area (Å²) in [5, 5.41) is 6.53. The highest BCUT2D eigenvalue weighted by Gasteiger charge is 2.42. The van der Waals surface area contributed by atoms with Crippen LogP contribution < -0.4 is 10.6 Å². The molecule has 0 bridgehead atoms. The predicted molar refractivity (Wildman–Crippen MR) is 115 cm³/mol. The van der Waals surface area contributed by atoms with Gasteiger partial charge in [0.1, 0.15) is 0 Å². The van der Waals surface area contributed by atoms with Crippen molar-refractivity contribution in [1.29, 1.82) is 0 Å². The normalized spacial score (nSPS) is 16.7. The number of amides is 1. The number of hydrogen-bond acceptors (Lipinski definition) is 4. The van der Waals surface area contributed by atoms with Gasteiger partial charge in [-0.15, -0.1) is 0 Å². The van der Waals surface area contributed by atoms with Crippen LogP contribution in [0.4, 0.5) is 0 Å². The molecule has 1 amide bonds. The van der Waals surface area contributed by atoms with Gasteiger partial charge >= 0.3 is 0 Å². The molecule has 2 rings (SSSR count). The predicted octanol–water partition coefficient (Wildman–Crippen LogP) is 1.25. The van der Waals surface area contributed by atoms with Crippen LogP contribution in [0.3, 0.4) is 0 Å². The lowest BCUT2D eigenvalue weighted by Crippen LogP contribution is -2.49. The Morgan fingerprint density at radius 2 is 1.66 bits per heavy atom. The van der Waals surface area contributed by atoms with Gasteiger partial charge in [-0.25, -0.2) is 12.7 Å². The number of guanidine groups is 1. The second-order valence-corrected chi connectivity index (χ2v) is 10.0. The highest BCUT2D eigenvalue weighted by atomic mass is 32.2. The monoisotopic (exact) mass is 423 g/mol. The van der Waals surface area contributed by atoms with E-state index < -0.39 is 10.0 Å². The van der Waals surface area contributed by atoms with Crippen molar-refractivity contribution >= 4 is 21.9 Å². The molecule has 1 aliphatic carbocycles. The summed E-state index contributed by atoms with van der Waals surface area (Å²) in [4.78, 5) is 18.9. The minimum absolute atomic E-state index is 0.163. The molecule has 0 radical (unpaired) electrons. The van der Waals surface area contributed by atoms with Crippen LogP contribution >= 0.6 is 0 Å². The van der Waals surface area contributed by atoms with Gasteiger partial charge in [0.05, 0.1) is 10.3 Å². The molecule has 1 aliphatic rings. The van der Waals surface area contributed by atoms with Crippen molar-refractivity contribution in [1.82, 2.24) is 19.8 Å². The SMILES string of the molecule is CN=C(NCc1ccc(S(=O)(=O)N(C)C)cc1)NCC1(C(=O)N(C)C)CCCC1. The molecule has 162 valence electrons. The summed E-state index contributed by atoms with van der Waals surface area (Å²) in [6.45, 7) is 1.04. The number of carbonyl (C=O) groups is 1. The lowest BCUT2D eigenvalue weighted by atomic mass is 9.84. The third kappa shape index (κ3) is 5.48. The van der Waals surface area contributed by atoms with Gasteiger partial charge in [0.2, 0.25) is 15.9 Å². The Morgan fingerprint density at radius 3 is 2.14 bits per heavy atom. The minimum Gasteiger partial charge on any atom is -0.355 e. The molecular formula is C20H33N5O3S. The number of nitrogens with zero attached hydrogens (tertiary/aromatic N) is 3. The molecule has 29 heavy (non-hydrogen) atoms. The van der Waals surface area contributed by atoms with Crippen molar-refractivity contribution in [3.05, 3.63) is 29.8 Å². The van der Waals surface area contributed by atoms with Gasteiger partial charge < -0.3 is 15.5 Å². The molecular weight excluding hydrogens is 390 g/mol. The number of rotatable bonds is 7. The molecule has 0 spiro atoms. The first-order valence-electron chi connectivity index (χ1n) is 9.80. The number of aliphatic imine (C=N–C) groups is 1. The summed E-state index contributed by atoms with van der Waals surface area (Å²) in [5.41, 5.74) is 0.564. The maximum absolute atomic E-state index is 12.7. The van der Waals surface area contributed by atoms with Crippen LogP contribution in [0, 0.1) is 5.41 Å². The fourth-order valence-corrected chi connectivity index (χ4v) is 4.54. The largest absolute Gasteiger partial charge is 0.355 e. The third-order valence-corrected chi connectivity index (χ3v) is 7.23. The average molecular weight is 424 g/mol. The zero-order valence-corrected chi connectivity index (χ0v) is 18.8. The van der Waals surface area contributed by atoms with Crippen LogP contribution in [0.15, 0.2) is 34.2 Å². The van der Waals surface area contributed by atoms with Gasteiger partial charge in [-0.3, -0.25) is 9.79 Å². The maximum Gasteiger partial charge on any atom is 0.242 e. The number of sulfonamides is 1. The minimum atomic E-state index is -3.43. The van der Waals surface area contributed by atoms with Gasteiger partial charge in [0.25, 0.3) is 0 Å². The van der Waals surface area contributed by atoms with Crippen LogP contribution in [0.5, 0.6) is 0 Å². The second-order valence-electron chi connectivity index (χ2n) is 7.90. The molecule has 0 aromatic heterocycles. The summed E-state index contributed by atoms with van der Waals surface area (Å²) in [6.07, 6.45) is 3.90. The van der Waals surface area contributed by atoms with Crippen molar-refractivity contribution in [3.63, 3.8) is 0 Å². The third-order valence-electron chi connectivity index (χ3n) is 5.40. The molecule has 1 fully saturated rings. The molecule has 1 saturated carbocycles. The Bertz CT molecular complexity index is 826. The zero-order chi connectivity index (χ0) is 21.7. The zero-order valence-electron chi connectivity index (χ0n) is 18.0. The highest BCUT2D eigenvalue weighted by molar-refractivity contribution is 7.89. The Balaban J connectivity index is 1.96. The van der Waals surface area contributed by atoms with E-state index in [0.717, 1.165) is 31.2 Å². The van der Waals surface area contributed by atoms with Crippen LogP contribution in [-0.2, 0) is 21.4 Å². The number of hydrogen-bond donors (Lipinski definition) is 2. The molecule has 0 saturated heterocycles. The summed E-state index contributed by atoms with van der Waals surface area (Å²) >= 11 is 0. The first-order valence-corrected chi connectivity index (χ1v) is 11.2. The lowest BCUT2D eigenvalue weighted by Gasteiger charge is -2.31. The van der Waals surface area contributed by atoms with E-state index in [4.69, 9.17) is 0 Å². The van der Waals surface area contributed by atoms with Crippen LogP contribution in [0.1, 0.15) is 31.2 Å². The number of benzene rings is 1. The van der Waals surface area contributed by atoms with E-state index in [0.29, 0.717) is 19.0 Å². The van der Waals surface area contributed by atoms with Gasteiger partial charge in [0.15, 0.2) is 5.96 Å². The lowest BCUT2D eigenvalue weighted by molar-refractivity contribution is -0.138. The molecule has 0 aliphatic heterocycles. The van der Waals surface area contributed by atoms with E-state index in [9.17, 15) is 13.2 Å². The molecule has 0 unspecified atom stereocenters. The van der Waals surface area contributed by atoms with Crippen LogP contribution in [0.2, 0.25) is 0 Å². The van der Waals surface area contributed by atoms with E-state index in [-0.39, 0.29) is 16.2 Å². The van der Waals surface area contributed by atoms with Gasteiger partial charge in [-0.2, -0.15) is 0 Å². The molecule has 8 nitrogen and oxygen atoms in total. The molecule has 1 aromatic rings. The van der Waals surface area contributed by atoms with E-state index in [1.54, 1.807) is 50.3 Å². The quantitative estimate of drug-likeness (QED) is 0.509. The maximum atomic E-state index is 12.7. The van der Waals surface area contributed by atoms with Crippen molar-refractivity contribution in [2.75, 3.05) is 41.8 Å². The van der Waals surface area contributed by atoms with Crippen LogP contribution in [-0.4, -0.2) is 71.3 Å². The Labute approximate surface area is 174 Å². The topological polar surface area (TPSA) is 94.1 Å².